The molecule has 1 saturated heterocycles. The van der Waals surface area contributed by atoms with Crippen LogP contribution in [0, 0.1) is 0 Å². The molecule has 1 amide bonds. The van der Waals surface area contributed by atoms with Gasteiger partial charge < -0.3 is 4.90 Å². The Morgan fingerprint density at radius 2 is 1.81 bits per heavy atom. The van der Waals surface area contributed by atoms with Gasteiger partial charge in [-0.05, 0) is 42.5 Å². The maximum absolute atomic E-state index is 13.2. The number of alkyl halides is 3. The van der Waals surface area contributed by atoms with Gasteiger partial charge in [0.05, 0.1) is 11.8 Å². The van der Waals surface area contributed by atoms with Gasteiger partial charge in [0, 0.05) is 19.3 Å². The summed E-state index contributed by atoms with van der Waals surface area (Å²) in [5.41, 5.74) is 0.605. The van der Waals surface area contributed by atoms with Crippen LogP contribution in [0.4, 0.5) is 13.2 Å². The second-order valence-electron chi connectivity index (χ2n) is 6.60. The van der Waals surface area contributed by atoms with Gasteiger partial charge in [0.2, 0.25) is 0 Å². The van der Waals surface area contributed by atoms with E-state index in [4.69, 9.17) is 0 Å². The Bertz CT molecular complexity index is 941. The second kappa shape index (κ2) is 6.68. The maximum Gasteiger partial charge on any atom is 0.416 e. The molecule has 1 aliphatic heterocycles. The average molecular weight is 374 g/mol. The Morgan fingerprint density at radius 3 is 2.52 bits per heavy atom. The molecule has 1 aromatic carbocycles. The van der Waals surface area contributed by atoms with Gasteiger partial charge in [0.25, 0.3) is 5.91 Å². The van der Waals surface area contributed by atoms with Crippen LogP contribution in [-0.4, -0.2) is 38.5 Å². The molecule has 8 heteroatoms. The summed E-state index contributed by atoms with van der Waals surface area (Å²) in [5.74, 6) is -0.433. The third-order valence-electron chi connectivity index (χ3n) is 4.94. The predicted molar refractivity (Wildman–Crippen MR) is 92.3 cm³/mol. The summed E-state index contributed by atoms with van der Waals surface area (Å²) in [4.78, 5) is 18.6. The van der Waals surface area contributed by atoms with Crippen molar-refractivity contribution < 1.29 is 18.0 Å². The van der Waals surface area contributed by atoms with E-state index in [1.54, 1.807) is 41.6 Å². The summed E-state index contributed by atoms with van der Waals surface area (Å²) in [5, 5.41) is 4.09. The quantitative estimate of drug-likeness (QED) is 0.686. The number of amides is 1. The van der Waals surface area contributed by atoms with Crippen molar-refractivity contribution in [1.29, 1.82) is 0 Å². The zero-order chi connectivity index (χ0) is 19.0. The number of halogens is 3. The van der Waals surface area contributed by atoms with Crippen molar-refractivity contribution in [2.24, 2.45) is 0 Å². The first-order chi connectivity index (χ1) is 12.9. The fraction of sp³-hybridized carbons (Fsp3) is 0.316. The molecular formula is C19H17F3N4O. The number of piperidine rings is 1. The molecule has 140 valence electrons. The highest BCUT2D eigenvalue weighted by Gasteiger charge is 2.36. The number of carbonyl (C=O) groups is 1. The highest BCUT2D eigenvalue weighted by atomic mass is 19.4. The lowest BCUT2D eigenvalue weighted by molar-refractivity contribution is -0.138. The molecule has 0 N–H and O–H groups in total. The van der Waals surface area contributed by atoms with Gasteiger partial charge in [-0.15, -0.1) is 0 Å². The molecule has 0 unspecified atom stereocenters. The normalized spacial score (nSPS) is 16.0. The number of rotatable bonds is 2. The van der Waals surface area contributed by atoms with Crippen LogP contribution in [0.3, 0.4) is 0 Å². The van der Waals surface area contributed by atoms with Crippen molar-refractivity contribution in [2.45, 2.75) is 24.9 Å². The molecule has 0 atom stereocenters. The minimum Gasteiger partial charge on any atom is -0.337 e. The zero-order valence-electron chi connectivity index (χ0n) is 14.4. The summed E-state index contributed by atoms with van der Waals surface area (Å²) >= 11 is 0. The van der Waals surface area contributed by atoms with E-state index in [-0.39, 0.29) is 11.8 Å². The number of carbonyl (C=O) groups excluding carboxylic acids is 1. The maximum atomic E-state index is 13.2. The van der Waals surface area contributed by atoms with Gasteiger partial charge in [-0.1, -0.05) is 18.2 Å². The van der Waals surface area contributed by atoms with E-state index in [1.165, 1.54) is 10.6 Å². The highest BCUT2D eigenvalue weighted by Crippen LogP contribution is 2.38. The Morgan fingerprint density at radius 1 is 1.07 bits per heavy atom. The second-order valence-corrected chi connectivity index (χ2v) is 6.60. The van der Waals surface area contributed by atoms with Crippen LogP contribution in [0.5, 0.6) is 0 Å². The molecule has 3 aromatic rings. The van der Waals surface area contributed by atoms with Crippen LogP contribution >= 0.6 is 0 Å². The van der Waals surface area contributed by atoms with Crippen molar-refractivity contribution in [2.75, 3.05) is 13.1 Å². The first-order valence-electron chi connectivity index (χ1n) is 8.69. The van der Waals surface area contributed by atoms with E-state index in [2.05, 4.69) is 10.1 Å². The number of benzene rings is 1. The number of likely N-dealkylation sites (tertiary alicyclic amines) is 1. The fourth-order valence-electron chi connectivity index (χ4n) is 3.60. The minimum absolute atomic E-state index is 0.213. The van der Waals surface area contributed by atoms with Gasteiger partial charge >= 0.3 is 6.18 Å². The van der Waals surface area contributed by atoms with E-state index in [0.29, 0.717) is 42.8 Å². The first-order valence-corrected chi connectivity index (χ1v) is 8.69. The number of aromatic nitrogens is 3. The van der Waals surface area contributed by atoms with Gasteiger partial charge in [-0.2, -0.15) is 18.3 Å². The summed E-state index contributed by atoms with van der Waals surface area (Å²) < 4.78 is 41.3. The lowest BCUT2D eigenvalue weighted by Gasteiger charge is -2.32. The van der Waals surface area contributed by atoms with Crippen molar-refractivity contribution in [3.8, 4) is 0 Å². The van der Waals surface area contributed by atoms with Crippen LogP contribution in [-0.2, 0) is 6.18 Å². The lowest BCUT2D eigenvalue weighted by Crippen LogP contribution is -2.38. The summed E-state index contributed by atoms with van der Waals surface area (Å²) in [6, 6.07) is 9.19. The molecule has 5 nitrogen and oxygen atoms in total. The molecule has 0 saturated carbocycles. The highest BCUT2D eigenvalue weighted by molar-refractivity contribution is 5.93. The molecule has 27 heavy (non-hydrogen) atoms. The van der Waals surface area contributed by atoms with E-state index in [1.807, 2.05) is 0 Å². The molecule has 1 fully saturated rings. The molecule has 0 spiro atoms. The number of imidazole rings is 1. The standard InChI is InChI=1S/C19H17F3N4O/c20-19(21,22)15-5-2-1-4-14(15)13-7-10-25(11-8-13)18(27)16-12-26-17(24-16)6-3-9-23-26/h1-6,9,12-13H,7-8,10-11H2. The topological polar surface area (TPSA) is 50.5 Å². The van der Waals surface area contributed by atoms with E-state index in [0.717, 1.165) is 6.07 Å². The van der Waals surface area contributed by atoms with Crippen molar-refractivity contribution in [1.82, 2.24) is 19.5 Å². The molecule has 3 heterocycles. The van der Waals surface area contributed by atoms with Crippen LogP contribution in [0.2, 0.25) is 0 Å². The Kier molecular flexibility index (Phi) is 4.33. The SMILES string of the molecule is O=C(c1cn2ncccc2n1)N1CCC(c2ccccc2C(F)(F)F)CC1. The number of hydrogen-bond acceptors (Lipinski definition) is 3. The average Bonchev–Trinajstić information content (AvgIpc) is 3.11. The Labute approximate surface area is 153 Å². The Hall–Kier alpha value is -2.90. The molecule has 0 bridgehead atoms. The number of nitrogens with zero attached hydrogens (tertiary/aromatic N) is 4. The smallest absolute Gasteiger partial charge is 0.337 e. The molecule has 0 radical (unpaired) electrons. The van der Waals surface area contributed by atoms with Gasteiger partial charge in [-0.25, -0.2) is 9.50 Å². The van der Waals surface area contributed by atoms with E-state index in [9.17, 15) is 18.0 Å². The summed E-state index contributed by atoms with van der Waals surface area (Å²) in [6.45, 7) is 0.800. The van der Waals surface area contributed by atoms with Crippen LogP contribution in [0.15, 0.2) is 48.8 Å². The molecule has 0 aliphatic carbocycles. The predicted octanol–water partition coefficient (Wildman–Crippen LogP) is 3.77. The van der Waals surface area contributed by atoms with Gasteiger partial charge in [0.1, 0.15) is 5.69 Å². The van der Waals surface area contributed by atoms with E-state index < -0.39 is 11.7 Å². The molecule has 1 aliphatic rings. The summed E-state index contributed by atoms with van der Waals surface area (Å²) in [6.07, 6.45) is -0.211. The fourth-order valence-corrected chi connectivity index (χ4v) is 3.60. The molecule has 2 aromatic heterocycles. The number of fused-ring (bicyclic) bond motifs is 1. The van der Waals surface area contributed by atoms with Crippen molar-refractivity contribution in [3.63, 3.8) is 0 Å². The largest absolute Gasteiger partial charge is 0.416 e. The first kappa shape index (κ1) is 17.5. The van der Waals surface area contributed by atoms with Crippen molar-refractivity contribution >= 4 is 11.6 Å². The molecule has 4 rings (SSSR count). The lowest BCUT2D eigenvalue weighted by atomic mass is 9.86. The number of hydrogen-bond donors (Lipinski definition) is 0. The van der Waals surface area contributed by atoms with Gasteiger partial charge in [-0.3, -0.25) is 4.79 Å². The molecular weight excluding hydrogens is 357 g/mol. The third kappa shape index (κ3) is 3.39. The minimum atomic E-state index is -4.37. The summed E-state index contributed by atoms with van der Waals surface area (Å²) in [7, 11) is 0. The monoisotopic (exact) mass is 374 g/mol. The van der Waals surface area contributed by atoms with Crippen molar-refractivity contribution in [3.05, 3.63) is 65.6 Å². The van der Waals surface area contributed by atoms with Gasteiger partial charge in [0.15, 0.2) is 5.65 Å². The Balaban J connectivity index is 1.49. The zero-order valence-corrected chi connectivity index (χ0v) is 14.4. The van der Waals surface area contributed by atoms with Crippen LogP contribution in [0.25, 0.3) is 5.65 Å². The third-order valence-corrected chi connectivity index (χ3v) is 4.94. The van der Waals surface area contributed by atoms with Crippen LogP contribution < -0.4 is 0 Å². The van der Waals surface area contributed by atoms with E-state index >= 15 is 0 Å². The van der Waals surface area contributed by atoms with Crippen LogP contribution in [0.1, 0.15) is 40.4 Å².